The van der Waals surface area contributed by atoms with Crippen LogP contribution in [0.1, 0.15) is 18.1 Å². The van der Waals surface area contributed by atoms with E-state index < -0.39 is 26.5 Å². The summed E-state index contributed by atoms with van der Waals surface area (Å²) in [5, 5.41) is 8.95. The molecule has 0 unspecified atom stereocenters. The lowest BCUT2D eigenvalue weighted by Gasteiger charge is -2.13. The Morgan fingerprint density at radius 2 is 1.78 bits per heavy atom. The van der Waals surface area contributed by atoms with Crippen LogP contribution in [0.25, 0.3) is 11.4 Å². The number of alkyl halides is 3. The molecule has 1 aromatic carbocycles. The van der Waals surface area contributed by atoms with Crippen LogP contribution in [-0.4, -0.2) is 29.2 Å². The van der Waals surface area contributed by atoms with Crippen LogP contribution < -0.4 is 0 Å². The van der Waals surface area contributed by atoms with Crippen molar-refractivity contribution >= 4 is 9.84 Å². The third-order valence-electron chi connectivity index (χ3n) is 3.15. The fraction of sp³-hybridized carbons (Fsp3) is 0.286. The highest BCUT2D eigenvalue weighted by molar-refractivity contribution is 7.91. The van der Waals surface area contributed by atoms with Crippen molar-refractivity contribution in [2.45, 2.75) is 24.6 Å². The summed E-state index contributed by atoms with van der Waals surface area (Å²) in [6, 6.07) is 2.42. The van der Waals surface area contributed by atoms with Crippen molar-refractivity contribution in [3.8, 4) is 11.4 Å². The first-order chi connectivity index (χ1) is 10.7. The number of aromatic nitrogens is 2. The number of benzene rings is 1. The van der Waals surface area contributed by atoms with E-state index in [1.807, 2.05) is 0 Å². The zero-order valence-corrected chi connectivity index (χ0v) is 12.8. The number of rotatable bonds is 4. The first kappa shape index (κ1) is 17.4. The molecule has 0 aliphatic carbocycles. The number of aliphatic hydroxyl groups is 1. The molecule has 9 heteroatoms. The van der Waals surface area contributed by atoms with Crippen LogP contribution in [0, 0.1) is 0 Å². The molecule has 1 N–H and O–H groups in total. The summed E-state index contributed by atoms with van der Waals surface area (Å²) < 4.78 is 62.8. The maximum Gasteiger partial charge on any atom is 0.416 e. The Bertz CT molecular complexity index is 803. The number of hydrogen-bond donors (Lipinski definition) is 1. The fourth-order valence-electron chi connectivity index (χ4n) is 1.87. The molecule has 0 aliphatic heterocycles. The van der Waals surface area contributed by atoms with Gasteiger partial charge in [0.05, 0.1) is 22.8 Å². The molecule has 0 aliphatic rings. The van der Waals surface area contributed by atoms with E-state index in [0.29, 0.717) is 11.6 Å². The van der Waals surface area contributed by atoms with E-state index in [1.54, 1.807) is 0 Å². The topological polar surface area (TPSA) is 80.2 Å². The normalized spacial score (nSPS) is 12.4. The molecule has 23 heavy (non-hydrogen) atoms. The maximum atomic E-state index is 12.8. The monoisotopic (exact) mass is 346 g/mol. The Morgan fingerprint density at radius 1 is 1.17 bits per heavy atom. The third-order valence-corrected chi connectivity index (χ3v) is 4.92. The molecule has 0 radical (unpaired) electrons. The average Bonchev–Trinajstić information content (AvgIpc) is 2.53. The highest BCUT2D eigenvalue weighted by atomic mass is 32.2. The lowest BCUT2D eigenvalue weighted by molar-refractivity contribution is -0.137. The number of aliphatic hydroxyl groups excluding tert-OH is 1. The number of nitrogens with zero attached hydrogens (tertiary/aromatic N) is 2. The Balaban J connectivity index is 2.67. The standard InChI is InChI=1S/C14H13F3N2O3S/c1-2-23(21,22)12-5-10(14(15,16)17)3-4-11(12)13-18-6-9(8-20)7-19-13/h3-7,20H,2,8H2,1H3. The van der Waals surface area contributed by atoms with Crippen molar-refractivity contribution in [2.24, 2.45) is 0 Å². The van der Waals surface area contributed by atoms with Gasteiger partial charge in [0.15, 0.2) is 15.7 Å². The molecule has 0 atom stereocenters. The molecule has 124 valence electrons. The largest absolute Gasteiger partial charge is 0.416 e. The van der Waals surface area contributed by atoms with Crippen LogP contribution >= 0.6 is 0 Å². The molecule has 0 spiro atoms. The van der Waals surface area contributed by atoms with E-state index in [9.17, 15) is 21.6 Å². The summed E-state index contributed by atoms with van der Waals surface area (Å²) in [5.41, 5.74) is -0.662. The molecule has 1 aromatic heterocycles. The minimum atomic E-state index is -4.65. The molecule has 1 heterocycles. The van der Waals surface area contributed by atoms with E-state index >= 15 is 0 Å². The minimum absolute atomic E-state index is 0.00987. The van der Waals surface area contributed by atoms with Crippen LogP contribution in [-0.2, 0) is 22.6 Å². The van der Waals surface area contributed by atoms with E-state index in [1.165, 1.54) is 19.3 Å². The van der Waals surface area contributed by atoms with E-state index in [-0.39, 0.29) is 23.7 Å². The molecular formula is C14H13F3N2O3S. The predicted octanol–water partition coefficient (Wildman–Crippen LogP) is 2.45. The summed E-state index contributed by atoms with van der Waals surface area (Å²) in [7, 11) is -3.90. The number of hydrogen-bond acceptors (Lipinski definition) is 5. The third kappa shape index (κ3) is 3.67. The van der Waals surface area contributed by atoms with Crippen LogP contribution in [0.5, 0.6) is 0 Å². The second kappa shape index (κ2) is 6.25. The maximum absolute atomic E-state index is 12.8. The molecule has 2 aromatic rings. The van der Waals surface area contributed by atoms with E-state index in [0.717, 1.165) is 12.1 Å². The highest BCUT2D eigenvalue weighted by Gasteiger charge is 2.33. The van der Waals surface area contributed by atoms with E-state index in [2.05, 4.69) is 9.97 Å². The van der Waals surface area contributed by atoms with Gasteiger partial charge in [0.1, 0.15) is 0 Å². The van der Waals surface area contributed by atoms with Gasteiger partial charge in [0.2, 0.25) is 0 Å². The summed E-state index contributed by atoms with van der Waals surface area (Å²) in [4.78, 5) is 7.34. The van der Waals surface area contributed by atoms with Crippen molar-refractivity contribution in [3.63, 3.8) is 0 Å². The zero-order chi connectivity index (χ0) is 17.3. The van der Waals surface area contributed by atoms with Gasteiger partial charge in [-0.25, -0.2) is 18.4 Å². The molecule has 0 saturated heterocycles. The molecule has 2 rings (SSSR count). The smallest absolute Gasteiger partial charge is 0.392 e. The second-order valence-corrected chi connectivity index (χ2v) is 6.93. The summed E-state index contributed by atoms with van der Waals surface area (Å²) in [6.45, 7) is 1.04. The molecule has 0 amide bonds. The summed E-state index contributed by atoms with van der Waals surface area (Å²) in [5.74, 6) is -0.376. The van der Waals surface area contributed by atoms with Gasteiger partial charge in [-0.15, -0.1) is 0 Å². The van der Waals surface area contributed by atoms with Crippen molar-refractivity contribution in [1.82, 2.24) is 9.97 Å². The highest BCUT2D eigenvalue weighted by Crippen LogP contribution is 2.34. The molecular weight excluding hydrogens is 333 g/mol. The van der Waals surface area contributed by atoms with Crippen LogP contribution in [0.4, 0.5) is 13.2 Å². The van der Waals surface area contributed by atoms with Gasteiger partial charge in [-0.3, -0.25) is 0 Å². The summed E-state index contributed by atoms with van der Waals surface area (Å²) in [6.07, 6.45) is -2.09. The Hall–Kier alpha value is -2.00. The first-order valence-electron chi connectivity index (χ1n) is 6.55. The molecule has 5 nitrogen and oxygen atoms in total. The summed E-state index contributed by atoms with van der Waals surface area (Å²) >= 11 is 0. The Morgan fingerprint density at radius 3 is 2.26 bits per heavy atom. The van der Waals surface area contributed by atoms with Crippen molar-refractivity contribution in [3.05, 3.63) is 41.7 Å². The molecule has 0 saturated carbocycles. The van der Waals surface area contributed by atoms with Gasteiger partial charge < -0.3 is 5.11 Å². The quantitative estimate of drug-likeness (QED) is 0.920. The second-order valence-electron chi connectivity index (χ2n) is 4.69. The Kier molecular flexibility index (Phi) is 4.71. The van der Waals surface area contributed by atoms with Crippen LogP contribution in [0.15, 0.2) is 35.5 Å². The lowest BCUT2D eigenvalue weighted by atomic mass is 10.1. The predicted molar refractivity (Wildman–Crippen MR) is 76.1 cm³/mol. The van der Waals surface area contributed by atoms with Gasteiger partial charge in [0, 0.05) is 23.5 Å². The van der Waals surface area contributed by atoms with Gasteiger partial charge in [-0.05, 0) is 18.2 Å². The van der Waals surface area contributed by atoms with Gasteiger partial charge >= 0.3 is 6.18 Å². The van der Waals surface area contributed by atoms with Gasteiger partial charge in [0.25, 0.3) is 0 Å². The number of halogens is 3. The average molecular weight is 346 g/mol. The SMILES string of the molecule is CCS(=O)(=O)c1cc(C(F)(F)F)ccc1-c1ncc(CO)cn1. The molecule has 0 fully saturated rings. The minimum Gasteiger partial charge on any atom is -0.392 e. The van der Waals surface area contributed by atoms with E-state index in [4.69, 9.17) is 5.11 Å². The zero-order valence-electron chi connectivity index (χ0n) is 12.0. The van der Waals surface area contributed by atoms with Crippen molar-refractivity contribution < 1.29 is 26.7 Å². The van der Waals surface area contributed by atoms with Crippen molar-refractivity contribution in [2.75, 3.05) is 5.75 Å². The molecule has 0 bridgehead atoms. The van der Waals surface area contributed by atoms with Gasteiger partial charge in [-0.1, -0.05) is 6.92 Å². The fourth-order valence-corrected chi connectivity index (χ4v) is 2.98. The van der Waals surface area contributed by atoms with Crippen LogP contribution in [0.3, 0.4) is 0 Å². The van der Waals surface area contributed by atoms with Gasteiger partial charge in [-0.2, -0.15) is 13.2 Å². The lowest BCUT2D eigenvalue weighted by Crippen LogP contribution is -2.11. The first-order valence-corrected chi connectivity index (χ1v) is 8.20. The van der Waals surface area contributed by atoms with Crippen molar-refractivity contribution in [1.29, 1.82) is 0 Å². The Labute approximate surface area is 130 Å². The number of sulfone groups is 1. The van der Waals surface area contributed by atoms with Crippen LogP contribution in [0.2, 0.25) is 0 Å².